The van der Waals surface area contributed by atoms with Crippen molar-refractivity contribution in [2.24, 2.45) is 5.92 Å². The van der Waals surface area contributed by atoms with E-state index in [0.29, 0.717) is 19.0 Å². The van der Waals surface area contributed by atoms with E-state index in [-0.39, 0.29) is 17.4 Å². The van der Waals surface area contributed by atoms with Crippen molar-refractivity contribution in [2.75, 3.05) is 32.7 Å². The summed E-state index contributed by atoms with van der Waals surface area (Å²) in [5.41, 5.74) is 0.0553. The van der Waals surface area contributed by atoms with Crippen LogP contribution in [0.15, 0.2) is 10.6 Å². The first-order chi connectivity index (χ1) is 9.47. The summed E-state index contributed by atoms with van der Waals surface area (Å²) >= 11 is 0. The third kappa shape index (κ3) is 3.36. The van der Waals surface area contributed by atoms with Gasteiger partial charge in [0.15, 0.2) is 5.69 Å². The van der Waals surface area contributed by atoms with Crippen molar-refractivity contribution in [3.63, 3.8) is 0 Å². The van der Waals surface area contributed by atoms with Gasteiger partial charge in [0.2, 0.25) is 5.76 Å². The van der Waals surface area contributed by atoms with E-state index in [4.69, 9.17) is 5.11 Å². The second-order valence-corrected chi connectivity index (χ2v) is 5.37. The number of amides is 1. The topological polar surface area (TPSA) is 86.9 Å². The fourth-order valence-corrected chi connectivity index (χ4v) is 2.29. The lowest BCUT2D eigenvalue weighted by molar-refractivity contribution is 0.0607. The number of rotatable bonds is 4. The third-order valence-electron chi connectivity index (χ3n) is 3.22. The fraction of sp³-hybridized carbons (Fsp3) is 0.615. The molecule has 0 spiro atoms. The predicted octanol–water partition coefficient (Wildman–Crippen LogP) is 0.787. The summed E-state index contributed by atoms with van der Waals surface area (Å²) in [6.07, 6.45) is 0. The molecule has 7 heteroatoms. The number of carbonyl (C=O) groups is 2. The Kier molecular flexibility index (Phi) is 4.39. The van der Waals surface area contributed by atoms with Crippen LogP contribution >= 0.6 is 0 Å². The molecule has 1 aliphatic rings. The lowest BCUT2D eigenvalue weighted by Gasteiger charge is -2.35. The van der Waals surface area contributed by atoms with Gasteiger partial charge in [-0.3, -0.25) is 9.69 Å². The lowest BCUT2D eigenvalue weighted by Crippen LogP contribution is -2.49. The van der Waals surface area contributed by atoms with E-state index in [0.717, 1.165) is 19.6 Å². The molecule has 2 rings (SSSR count). The zero-order valence-corrected chi connectivity index (χ0v) is 11.7. The number of piperazine rings is 1. The highest BCUT2D eigenvalue weighted by atomic mass is 16.5. The standard InChI is InChI=1S/C13H19N3O4/c1-9(2)8-15-3-5-16(6-4-15)12(17)10-7-11(13(18)19)20-14-10/h7,9H,3-6,8H2,1-2H3,(H,18,19). The molecule has 20 heavy (non-hydrogen) atoms. The summed E-state index contributed by atoms with van der Waals surface area (Å²) in [5.74, 6) is -1.21. The van der Waals surface area contributed by atoms with Crippen LogP contribution in [0.2, 0.25) is 0 Å². The second kappa shape index (κ2) is 6.04. The molecule has 2 heterocycles. The molecule has 0 radical (unpaired) electrons. The summed E-state index contributed by atoms with van der Waals surface area (Å²) in [7, 11) is 0. The summed E-state index contributed by atoms with van der Waals surface area (Å²) in [5, 5.41) is 12.3. The highest BCUT2D eigenvalue weighted by molar-refractivity contribution is 5.94. The van der Waals surface area contributed by atoms with Crippen molar-refractivity contribution in [3.05, 3.63) is 17.5 Å². The molecule has 1 aromatic rings. The van der Waals surface area contributed by atoms with Crippen molar-refractivity contribution in [1.29, 1.82) is 0 Å². The molecule has 1 aromatic heterocycles. The zero-order valence-electron chi connectivity index (χ0n) is 11.7. The van der Waals surface area contributed by atoms with Gasteiger partial charge >= 0.3 is 5.97 Å². The van der Waals surface area contributed by atoms with Crippen LogP contribution in [-0.2, 0) is 0 Å². The Balaban J connectivity index is 1.92. The molecule has 1 N–H and O–H groups in total. The average Bonchev–Trinajstić information content (AvgIpc) is 2.88. The van der Waals surface area contributed by atoms with Gasteiger partial charge in [-0.25, -0.2) is 4.79 Å². The molecular weight excluding hydrogens is 262 g/mol. The van der Waals surface area contributed by atoms with Gasteiger partial charge in [0.1, 0.15) is 0 Å². The molecule has 1 aliphatic heterocycles. The fourth-order valence-electron chi connectivity index (χ4n) is 2.29. The molecule has 0 saturated carbocycles. The molecule has 7 nitrogen and oxygen atoms in total. The zero-order chi connectivity index (χ0) is 14.7. The molecule has 0 atom stereocenters. The molecule has 110 valence electrons. The SMILES string of the molecule is CC(C)CN1CCN(C(=O)c2cc(C(=O)O)on2)CC1. The number of carbonyl (C=O) groups excluding carboxylic acids is 1. The predicted molar refractivity (Wildman–Crippen MR) is 70.6 cm³/mol. The molecule has 1 saturated heterocycles. The first-order valence-electron chi connectivity index (χ1n) is 6.69. The minimum absolute atomic E-state index is 0.0553. The van der Waals surface area contributed by atoms with Crippen LogP contribution < -0.4 is 0 Å². The summed E-state index contributed by atoms with van der Waals surface area (Å²) < 4.78 is 4.60. The van der Waals surface area contributed by atoms with Crippen LogP contribution in [0, 0.1) is 5.92 Å². The van der Waals surface area contributed by atoms with Gasteiger partial charge in [0.25, 0.3) is 5.91 Å². The number of aromatic nitrogens is 1. The smallest absolute Gasteiger partial charge is 0.374 e. The quantitative estimate of drug-likeness (QED) is 0.878. The lowest BCUT2D eigenvalue weighted by atomic mass is 10.2. The molecule has 1 amide bonds. The largest absolute Gasteiger partial charge is 0.475 e. The molecule has 1 fully saturated rings. The Morgan fingerprint density at radius 2 is 2.00 bits per heavy atom. The van der Waals surface area contributed by atoms with Crippen molar-refractivity contribution >= 4 is 11.9 Å². The van der Waals surface area contributed by atoms with Gasteiger partial charge in [-0.05, 0) is 5.92 Å². The van der Waals surface area contributed by atoms with Gasteiger partial charge < -0.3 is 14.5 Å². The van der Waals surface area contributed by atoms with Crippen LogP contribution in [0.5, 0.6) is 0 Å². The Hall–Kier alpha value is -1.89. The third-order valence-corrected chi connectivity index (χ3v) is 3.22. The Morgan fingerprint density at radius 3 is 2.50 bits per heavy atom. The van der Waals surface area contributed by atoms with Crippen LogP contribution in [0.1, 0.15) is 34.9 Å². The number of carboxylic acids is 1. The van der Waals surface area contributed by atoms with E-state index in [1.807, 2.05) is 0 Å². The van der Waals surface area contributed by atoms with Crippen LogP contribution in [-0.4, -0.2) is 64.7 Å². The summed E-state index contributed by atoms with van der Waals surface area (Å²) in [6.45, 7) is 8.26. The van der Waals surface area contributed by atoms with Gasteiger partial charge in [-0.1, -0.05) is 19.0 Å². The monoisotopic (exact) mass is 281 g/mol. The highest BCUT2D eigenvalue weighted by Gasteiger charge is 2.25. The van der Waals surface area contributed by atoms with Crippen LogP contribution in [0.4, 0.5) is 0 Å². The molecular formula is C13H19N3O4. The first-order valence-corrected chi connectivity index (χ1v) is 6.69. The van der Waals surface area contributed by atoms with Crippen LogP contribution in [0.3, 0.4) is 0 Å². The Labute approximate surface area is 117 Å². The minimum atomic E-state index is -1.22. The van der Waals surface area contributed by atoms with Gasteiger partial charge in [0.05, 0.1) is 0 Å². The Morgan fingerprint density at radius 1 is 1.35 bits per heavy atom. The van der Waals surface area contributed by atoms with Crippen molar-refractivity contribution in [2.45, 2.75) is 13.8 Å². The van der Waals surface area contributed by atoms with Crippen molar-refractivity contribution < 1.29 is 19.2 Å². The van der Waals surface area contributed by atoms with Gasteiger partial charge in [-0.2, -0.15) is 0 Å². The Bertz CT molecular complexity index is 490. The van der Waals surface area contributed by atoms with Gasteiger partial charge in [-0.15, -0.1) is 0 Å². The molecule has 0 bridgehead atoms. The summed E-state index contributed by atoms with van der Waals surface area (Å²) in [4.78, 5) is 26.9. The maximum atomic E-state index is 12.2. The number of nitrogens with zero attached hydrogens (tertiary/aromatic N) is 3. The molecule has 0 aromatic carbocycles. The van der Waals surface area contributed by atoms with E-state index in [2.05, 4.69) is 28.4 Å². The average molecular weight is 281 g/mol. The maximum absolute atomic E-state index is 12.2. The number of hydrogen-bond donors (Lipinski definition) is 1. The van der Waals surface area contributed by atoms with Crippen molar-refractivity contribution in [3.8, 4) is 0 Å². The summed E-state index contributed by atoms with van der Waals surface area (Å²) in [6, 6.07) is 1.17. The highest BCUT2D eigenvalue weighted by Crippen LogP contribution is 2.11. The maximum Gasteiger partial charge on any atom is 0.374 e. The van der Waals surface area contributed by atoms with E-state index >= 15 is 0 Å². The minimum Gasteiger partial charge on any atom is -0.475 e. The van der Waals surface area contributed by atoms with E-state index in [9.17, 15) is 9.59 Å². The van der Waals surface area contributed by atoms with Gasteiger partial charge in [0, 0.05) is 38.8 Å². The number of hydrogen-bond acceptors (Lipinski definition) is 5. The van der Waals surface area contributed by atoms with E-state index in [1.54, 1.807) is 4.90 Å². The molecule has 0 unspecified atom stereocenters. The van der Waals surface area contributed by atoms with E-state index in [1.165, 1.54) is 6.07 Å². The van der Waals surface area contributed by atoms with Crippen LogP contribution in [0.25, 0.3) is 0 Å². The van der Waals surface area contributed by atoms with E-state index < -0.39 is 5.97 Å². The van der Waals surface area contributed by atoms with Crippen molar-refractivity contribution in [1.82, 2.24) is 15.0 Å². The number of aromatic carboxylic acids is 1. The second-order valence-electron chi connectivity index (χ2n) is 5.37. The normalized spacial score (nSPS) is 16.6. The first kappa shape index (κ1) is 14.5. The number of carboxylic acid groups (broad SMARTS) is 1. The molecule has 0 aliphatic carbocycles.